The maximum atomic E-state index is 13.2. The van der Waals surface area contributed by atoms with Gasteiger partial charge in [0.2, 0.25) is 5.95 Å². The molecule has 1 heterocycles. The van der Waals surface area contributed by atoms with Crippen molar-refractivity contribution in [1.29, 1.82) is 0 Å². The van der Waals surface area contributed by atoms with Gasteiger partial charge in [0, 0.05) is 0 Å². The van der Waals surface area contributed by atoms with Crippen molar-refractivity contribution < 1.29 is 13.6 Å². The molecule has 2 aromatic rings. The largest absolute Gasteiger partial charge is 0.321 e. The van der Waals surface area contributed by atoms with E-state index in [1.54, 1.807) is 0 Å². The third kappa shape index (κ3) is 2.70. The molecule has 0 fully saturated rings. The Morgan fingerprint density at radius 3 is 2.67 bits per heavy atom. The molecule has 2 rings (SSSR count). The predicted molar refractivity (Wildman–Crippen MR) is 66.2 cm³/mol. The number of anilines is 1. The van der Waals surface area contributed by atoms with E-state index in [9.17, 15) is 13.6 Å². The molecule has 0 aliphatic rings. The first-order chi connectivity index (χ1) is 8.58. The minimum absolute atomic E-state index is 0.0811. The van der Waals surface area contributed by atoms with Crippen LogP contribution in [0.15, 0.2) is 41.0 Å². The van der Waals surface area contributed by atoms with E-state index in [1.165, 1.54) is 30.5 Å². The number of hydrogen-bond donors (Lipinski definition) is 1. The van der Waals surface area contributed by atoms with Crippen LogP contribution in [0.3, 0.4) is 0 Å². The number of hydrogen-bond acceptors (Lipinski definition) is 2. The van der Waals surface area contributed by atoms with E-state index < -0.39 is 17.7 Å². The molecule has 92 valence electrons. The SMILES string of the molecule is O=C(Nc1ccc(F)nc1)c1cccc(F)c1Br. The fourth-order valence-electron chi connectivity index (χ4n) is 1.33. The fraction of sp³-hybridized carbons (Fsp3) is 0. The molecule has 0 aliphatic heterocycles. The summed E-state index contributed by atoms with van der Waals surface area (Å²) < 4.78 is 25.9. The standard InChI is InChI=1S/C12H7BrF2N2O/c13-11-8(2-1-3-9(11)14)12(18)17-7-4-5-10(15)16-6-7/h1-6H,(H,17,18). The van der Waals surface area contributed by atoms with Crippen LogP contribution in [-0.2, 0) is 0 Å². The van der Waals surface area contributed by atoms with Gasteiger partial charge in [0.05, 0.1) is 21.9 Å². The van der Waals surface area contributed by atoms with E-state index in [0.717, 1.165) is 6.07 Å². The van der Waals surface area contributed by atoms with Gasteiger partial charge in [-0.3, -0.25) is 4.79 Å². The predicted octanol–water partition coefficient (Wildman–Crippen LogP) is 3.37. The van der Waals surface area contributed by atoms with E-state index in [-0.39, 0.29) is 10.0 Å². The van der Waals surface area contributed by atoms with Crippen molar-refractivity contribution in [2.45, 2.75) is 0 Å². The van der Waals surface area contributed by atoms with E-state index in [2.05, 4.69) is 26.2 Å². The highest BCUT2D eigenvalue weighted by molar-refractivity contribution is 9.10. The number of carbonyl (C=O) groups is 1. The zero-order valence-electron chi connectivity index (χ0n) is 8.95. The average Bonchev–Trinajstić information content (AvgIpc) is 2.35. The van der Waals surface area contributed by atoms with Gasteiger partial charge < -0.3 is 5.32 Å². The zero-order chi connectivity index (χ0) is 13.1. The van der Waals surface area contributed by atoms with Crippen LogP contribution in [0.1, 0.15) is 10.4 Å². The van der Waals surface area contributed by atoms with Gasteiger partial charge in [-0.1, -0.05) is 6.07 Å². The highest BCUT2D eigenvalue weighted by Gasteiger charge is 2.13. The number of benzene rings is 1. The number of aromatic nitrogens is 1. The Balaban J connectivity index is 2.22. The quantitative estimate of drug-likeness (QED) is 0.864. The first-order valence-electron chi connectivity index (χ1n) is 4.95. The summed E-state index contributed by atoms with van der Waals surface area (Å²) in [5.41, 5.74) is 0.483. The van der Waals surface area contributed by atoms with Gasteiger partial charge in [-0.2, -0.15) is 4.39 Å². The van der Waals surface area contributed by atoms with Crippen molar-refractivity contribution in [2.24, 2.45) is 0 Å². The van der Waals surface area contributed by atoms with Crippen LogP contribution in [0.25, 0.3) is 0 Å². The second-order valence-electron chi connectivity index (χ2n) is 3.43. The first-order valence-corrected chi connectivity index (χ1v) is 5.74. The Labute approximate surface area is 110 Å². The lowest BCUT2D eigenvalue weighted by atomic mass is 10.2. The molecule has 0 aliphatic carbocycles. The number of rotatable bonds is 2. The van der Waals surface area contributed by atoms with Gasteiger partial charge >= 0.3 is 0 Å². The van der Waals surface area contributed by atoms with Crippen molar-refractivity contribution in [3.8, 4) is 0 Å². The number of nitrogens with one attached hydrogen (secondary N) is 1. The maximum absolute atomic E-state index is 13.2. The van der Waals surface area contributed by atoms with E-state index >= 15 is 0 Å². The molecule has 18 heavy (non-hydrogen) atoms. The number of carbonyl (C=O) groups excluding carboxylic acids is 1. The van der Waals surface area contributed by atoms with Crippen LogP contribution in [0.2, 0.25) is 0 Å². The van der Waals surface area contributed by atoms with Gasteiger partial charge in [0.25, 0.3) is 5.91 Å². The fourth-order valence-corrected chi connectivity index (χ4v) is 1.77. The molecule has 0 radical (unpaired) electrons. The molecule has 0 atom stereocenters. The third-order valence-corrected chi connectivity index (χ3v) is 2.99. The van der Waals surface area contributed by atoms with Gasteiger partial charge in [0.1, 0.15) is 5.82 Å². The summed E-state index contributed by atoms with van der Waals surface area (Å²) in [6.45, 7) is 0. The van der Waals surface area contributed by atoms with Crippen molar-refractivity contribution in [3.05, 3.63) is 58.3 Å². The van der Waals surface area contributed by atoms with Crippen LogP contribution in [0.5, 0.6) is 0 Å². The number of nitrogens with zero attached hydrogens (tertiary/aromatic N) is 1. The molecule has 0 saturated heterocycles. The van der Waals surface area contributed by atoms with Gasteiger partial charge in [-0.05, 0) is 40.2 Å². The minimum atomic E-state index is -0.639. The molecular weight excluding hydrogens is 306 g/mol. The average molecular weight is 313 g/mol. The van der Waals surface area contributed by atoms with Crippen LogP contribution >= 0.6 is 15.9 Å². The van der Waals surface area contributed by atoms with Crippen LogP contribution in [0.4, 0.5) is 14.5 Å². The summed E-state index contributed by atoms with van der Waals surface area (Å²) in [4.78, 5) is 15.2. The molecule has 0 unspecified atom stereocenters. The second-order valence-corrected chi connectivity index (χ2v) is 4.22. The molecule has 1 amide bonds. The summed E-state index contributed by atoms with van der Waals surface area (Å²) in [5, 5.41) is 2.49. The van der Waals surface area contributed by atoms with E-state index in [0.29, 0.717) is 5.69 Å². The summed E-state index contributed by atoms with van der Waals surface area (Å²) in [5.74, 6) is -1.67. The Bertz CT molecular complexity index is 587. The van der Waals surface area contributed by atoms with E-state index in [4.69, 9.17) is 0 Å². The number of pyridine rings is 1. The minimum Gasteiger partial charge on any atom is -0.321 e. The van der Waals surface area contributed by atoms with Gasteiger partial charge in [-0.15, -0.1) is 0 Å². The molecule has 1 aromatic carbocycles. The second kappa shape index (κ2) is 5.22. The Kier molecular flexibility index (Phi) is 3.66. The highest BCUT2D eigenvalue weighted by Crippen LogP contribution is 2.21. The Morgan fingerprint density at radius 2 is 2.00 bits per heavy atom. The Hall–Kier alpha value is -1.82. The number of amides is 1. The highest BCUT2D eigenvalue weighted by atomic mass is 79.9. The molecule has 1 aromatic heterocycles. The molecule has 1 N–H and O–H groups in total. The van der Waals surface area contributed by atoms with Crippen molar-refractivity contribution >= 4 is 27.5 Å². The lowest BCUT2D eigenvalue weighted by molar-refractivity contribution is 0.102. The molecule has 0 bridgehead atoms. The van der Waals surface area contributed by atoms with Gasteiger partial charge in [0.15, 0.2) is 0 Å². The van der Waals surface area contributed by atoms with Crippen LogP contribution in [0, 0.1) is 11.8 Å². The van der Waals surface area contributed by atoms with Gasteiger partial charge in [-0.25, -0.2) is 9.37 Å². The normalized spacial score (nSPS) is 10.2. The lowest BCUT2D eigenvalue weighted by Crippen LogP contribution is -2.13. The first kappa shape index (κ1) is 12.6. The smallest absolute Gasteiger partial charge is 0.256 e. The van der Waals surface area contributed by atoms with Crippen LogP contribution < -0.4 is 5.32 Å². The van der Waals surface area contributed by atoms with Crippen molar-refractivity contribution in [2.75, 3.05) is 5.32 Å². The monoisotopic (exact) mass is 312 g/mol. The number of halogens is 3. The van der Waals surface area contributed by atoms with Crippen LogP contribution in [-0.4, -0.2) is 10.9 Å². The Morgan fingerprint density at radius 1 is 1.22 bits per heavy atom. The zero-order valence-corrected chi connectivity index (χ0v) is 10.5. The summed E-state index contributed by atoms with van der Waals surface area (Å²) >= 11 is 2.99. The summed E-state index contributed by atoms with van der Waals surface area (Å²) in [7, 11) is 0. The molecule has 3 nitrogen and oxygen atoms in total. The summed E-state index contributed by atoms with van der Waals surface area (Å²) in [6.07, 6.45) is 1.18. The maximum Gasteiger partial charge on any atom is 0.256 e. The topological polar surface area (TPSA) is 42.0 Å². The molecular formula is C12H7BrF2N2O. The van der Waals surface area contributed by atoms with Crippen molar-refractivity contribution in [1.82, 2.24) is 4.98 Å². The molecule has 0 saturated carbocycles. The third-order valence-electron chi connectivity index (χ3n) is 2.18. The summed E-state index contributed by atoms with van der Waals surface area (Å²) in [6, 6.07) is 6.63. The lowest BCUT2D eigenvalue weighted by Gasteiger charge is -2.06. The van der Waals surface area contributed by atoms with E-state index in [1.807, 2.05) is 0 Å². The van der Waals surface area contributed by atoms with Crippen molar-refractivity contribution in [3.63, 3.8) is 0 Å². The molecule has 0 spiro atoms. The molecule has 6 heteroatoms.